The maximum Gasteiger partial charge on any atom is 0.378 e. The summed E-state index contributed by atoms with van der Waals surface area (Å²) in [5.74, 6) is -1.63. The topological polar surface area (TPSA) is 101 Å². The van der Waals surface area contributed by atoms with E-state index < -0.39 is 24.8 Å². The number of carbonyl (C=O) groups is 1. The third-order valence-corrected chi connectivity index (χ3v) is 5.27. The van der Waals surface area contributed by atoms with Gasteiger partial charge in [0.05, 0.1) is 7.11 Å². The lowest BCUT2D eigenvalue weighted by Gasteiger charge is -2.14. The molecule has 2 rings (SSSR count). The molecule has 0 radical (unpaired) electrons. The number of ether oxygens (including phenoxy) is 2. The van der Waals surface area contributed by atoms with Crippen molar-refractivity contribution in [3.63, 3.8) is 0 Å². The van der Waals surface area contributed by atoms with Crippen LogP contribution in [0.2, 0.25) is 0 Å². The molecule has 140 valence electrons. The Morgan fingerprint density at radius 1 is 1.12 bits per heavy atom. The van der Waals surface area contributed by atoms with Gasteiger partial charge in [0.1, 0.15) is 18.5 Å². The van der Waals surface area contributed by atoms with Crippen LogP contribution in [-0.2, 0) is 31.1 Å². The Labute approximate surface area is 150 Å². The van der Waals surface area contributed by atoms with E-state index in [2.05, 4.69) is 4.74 Å². The van der Waals surface area contributed by atoms with Gasteiger partial charge < -0.3 is 22.9 Å². The third-order valence-electron chi connectivity index (χ3n) is 3.46. The molecule has 0 fully saturated rings. The molecule has 26 heavy (non-hydrogen) atoms. The van der Waals surface area contributed by atoms with E-state index in [-0.39, 0.29) is 24.3 Å². The zero-order valence-electron chi connectivity index (χ0n) is 14.6. The van der Waals surface area contributed by atoms with Crippen molar-refractivity contribution in [3.8, 4) is 5.75 Å². The lowest BCUT2D eigenvalue weighted by molar-refractivity contribution is 0.0550. The van der Waals surface area contributed by atoms with Crippen molar-refractivity contribution >= 4 is 13.6 Å². The smallest absolute Gasteiger partial charge is 0.378 e. The van der Waals surface area contributed by atoms with E-state index in [1.54, 1.807) is 12.1 Å². The fraction of sp³-hybridized carbons (Fsp3) is 0.294. The Hall–Kier alpha value is -2.41. The molecule has 8 nitrogen and oxygen atoms in total. The van der Waals surface area contributed by atoms with E-state index in [9.17, 15) is 14.2 Å². The fourth-order valence-corrected chi connectivity index (χ4v) is 3.04. The molecule has 9 heteroatoms. The van der Waals surface area contributed by atoms with Crippen LogP contribution >= 0.6 is 7.60 Å². The van der Waals surface area contributed by atoms with Crippen molar-refractivity contribution in [1.82, 2.24) is 0 Å². The first kappa shape index (κ1) is 19.9. The van der Waals surface area contributed by atoms with Crippen LogP contribution in [-0.4, -0.2) is 27.3 Å². The van der Waals surface area contributed by atoms with E-state index in [1.165, 1.54) is 14.2 Å². The molecule has 0 aliphatic heterocycles. The first-order chi connectivity index (χ1) is 12.4. The molecule has 1 aromatic carbocycles. The molecule has 0 bridgehead atoms. The summed E-state index contributed by atoms with van der Waals surface area (Å²) in [7, 11) is 0.0772. The maximum absolute atomic E-state index is 12.4. The summed E-state index contributed by atoms with van der Waals surface area (Å²) in [6.07, 6.45) is -0.321. The Balaban J connectivity index is 2.37. The van der Waals surface area contributed by atoms with Gasteiger partial charge >= 0.3 is 13.6 Å². The fourth-order valence-electron chi connectivity index (χ4n) is 2.10. The van der Waals surface area contributed by atoms with Crippen LogP contribution in [0.4, 0.5) is 0 Å². The molecule has 1 heterocycles. The van der Waals surface area contributed by atoms with Gasteiger partial charge in [-0.15, -0.1) is 0 Å². The van der Waals surface area contributed by atoms with Crippen molar-refractivity contribution in [1.29, 1.82) is 0 Å². The highest BCUT2D eigenvalue weighted by atomic mass is 31.2. The number of esters is 1. The van der Waals surface area contributed by atoms with E-state index in [4.69, 9.17) is 18.2 Å². The van der Waals surface area contributed by atoms with Crippen molar-refractivity contribution in [2.75, 3.05) is 21.3 Å². The number of rotatable bonds is 8. The second-order valence-corrected chi connectivity index (χ2v) is 7.40. The highest BCUT2D eigenvalue weighted by molar-refractivity contribution is 7.52. The van der Waals surface area contributed by atoms with E-state index >= 15 is 0 Å². The zero-order valence-corrected chi connectivity index (χ0v) is 15.5. The normalized spacial score (nSPS) is 11.2. The summed E-state index contributed by atoms with van der Waals surface area (Å²) in [5, 5.41) is 0. The van der Waals surface area contributed by atoms with E-state index in [0.717, 1.165) is 18.7 Å². The Morgan fingerprint density at radius 2 is 1.77 bits per heavy atom. The molecule has 0 amide bonds. The summed E-state index contributed by atoms with van der Waals surface area (Å²) in [6.45, 7) is 0.0591. The standard InChI is InChI=1S/C17H19O8P/c1-21-17(19)16-15(24-10-12-7-5-4-6-8-12)14(18)9-13(25-16)11-26(20,22-2)23-3/h4-9H,10-11H2,1-3H3. The van der Waals surface area contributed by atoms with Gasteiger partial charge in [0.15, 0.2) is 0 Å². The molecule has 0 N–H and O–H groups in total. The van der Waals surface area contributed by atoms with E-state index in [1.807, 2.05) is 18.2 Å². The van der Waals surface area contributed by atoms with Crippen molar-refractivity contribution in [2.24, 2.45) is 0 Å². The van der Waals surface area contributed by atoms with Crippen molar-refractivity contribution < 1.29 is 32.3 Å². The molecular weight excluding hydrogens is 363 g/mol. The van der Waals surface area contributed by atoms with Crippen LogP contribution in [0.3, 0.4) is 0 Å². The SMILES string of the molecule is COC(=O)c1oc(CP(=O)(OC)OC)cc(=O)c1OCc1ccccc1. The van der Waals surface area contributed by atoms with Crippen molar-refractivity contribution in [3.05, 3.63) is 63.7 Å². The number of methoxy groups -OCH3 is 1. The molecule has 0 aliphatic rings. The van der Waals surface area contributed by atoms with Gasteiger partial charge in [-0.3, -0.25) is 9.36 Å². The third kappa shape index (κ3) is 4.82. The van der Waals surface area contributed by atoms with Crippen LogP contribution in [0.5, 0.6) is 5.75 Å². The molecule has 0 unspecified atom stereocenters. The Morgan fingerprint density at radius 3 is 2.35 bits per heavy atom. The molecule has 1 aromatic heterocycles. The summed E-state index contributed by atoms with van der Waals surface area (Å²) >= 11 is 0. The van der Waals surface area contributed by atoms with Gasteiger partial charge in [-0.25, -0.2) is 4.79 Å². The summed E-state index contributed by atoms with van der Waals surface area (Å²) in [5.41, 5.74) is 0.191. The van der Waals surface area contributed by atoms with Crippen LogP contribution in [0, 0.1) is 0 Å². The number of hydrogen-bond donors (Lipinski definition) is 0. The predicted octanol–water partition coefficient (Wildman–Crippen LogP) is 2.99. The van der Waals surface area contributed by atoms with Crippen LogP contribution in [0.25, 0.3) is 0 Å². The summed E-state index contributed by atoms with van der Waals surface area (Å²) in [4.78, 5) is 24.4. The largest absolute Gasteiger partial charge is 0.481 e. The highest BCUT2D eigenvalue weighted by Crippen LogP contribution is 2.49. The minimum absolute atomic E-state index is 0.0468. The lowest BCUT2D eigenvalue weighted by atomic mass is 10.2. The Bertz CT molecular complexity index is 851. The van der Waals surface area contributed by atoms with Crippen LogP contribution in [0.1, 0.15) is 21.9 Å². The van der Waals surface area contributed by atoms with Gasteiger partial charge in [0.25, 0.3) is 5.76 Å². The predicted molar refractivity (Wildman–Crippen MR) is 92.4 cm³/mol. The Kier molecular flexibility index (Phi) is 6.74. The second kappa shape index (κ2) is 8.80. The summed E-state index contributed by atoms with van der Waals surface area (Å²) in [6, 6.07) is 10.2. The first-order valence-corrected chi connectivity index (χ1v) is 9.28. The minimum atomic E-state index is -3.49. The van der Waals surface area contributed by atoms with Crippen LogP contribution < -0.4 is 10.2 Å². The molecule has 0 aliphatic carbocycles. The lowest BCUT2D eigenvalue weighted by Crippen LogP contribution is -2.16. The molecule has 0 saturated carbocycles. The first-order valence-electron chi connectivity index (χ1n) is 7.55. The highest BCUT2D eigenvalue weighted by Gasteiger charge is 2.27. The minimum Gasteiger partial charge on any atom is -0.481 e. The second-order valence-electron chi connectivity index (χ2n) is 5.14. The molecule has 0 saturated heterocycles. The van der Waals surface area contributed by atoms with Gasteiger partial charge in [-0.2, -0.15) is 0 Å². The zero-order chi connectivity index (χ0) is 19.2. The average molecular weight is 382 g/mol. The van der Waals surface area contributed by atoms with Gasteiger partial charge in [0, 0.05) is 20.3 Å². The average Bonchev–Trinajstić information content (AvgIpc) is 2.66. The van der Waals surface area contributed by atoms with Gasteiger partial charge in [-0.05, 0) is 5.56 Å². The van der Waals surface area contributed by atoms with Gasteiger partial charge in [0.2, 0.25) is 11.2 Å². The number of benzene rings is 1. The molecule has 0 spiro atoms. The maximum atomic E-state index is 12.4. The molecule has 0 atom stereocenters. The monoisotopic (exact) mass is 382 g/mol. The number of carbonyl (C=O) groups excluding carboxylic acids is 1. The molecular formula is C17H19O8P. The number of hydrogen-bond acceptors (Lipinski definition) is 8. The quantitative estimate of drug-likeness (QED) is 0.507. The van der Waals surface area contributed by atoms with Crippen molar-refractivity contribution in [2.45, 2.75) is 12.8 Å². The van der Waals surface area contributed by atoms with E-state index in [0.29, 0.717) is 0 Å². The van der Waals surface area contributed by atoms with Gasteiger partial charge in [-0.1, -0.05) is 30.3 Å². The van der Waals surface area contributed by atoms with Crippen LogP contribution in [0.15, 0.2) is 45.6 Å². The summed E-state index contributed by atoms with van der Waals surface area (Å²) < 4.78 is 37.4. The molecule has 2 aromatic rings.